The molecule has 1 fully saturated rings. The van der Waals surface area contributed by atoms with Crippen LogP contribution in [0.25, 0.3) is 0 Å². The molecule has 0 amide bonds. The van der Waals surface area contributed by atoms with Crippen molar-refractivity contribution in [3.63, 3.8) is 0 Å². The summed E-state index contributed by atoms with van der Waals surface area (Å²) in [5.74, 6) is -0.256. The molecule has 9 heteroatoms. The maximum atomic E-state index is 12.2. The zero-order chi connectivity index (χ0) is 16.2. The molecule has 22 heavy (non-hydrogen) atoms. The molecule has 0 unspecified atom stereocenters. The number of likely N-dealkylation sites (tertiary alicyclic amines) is 1. The highest BCUT2D eigenvalue weighted by molar-refractivity contribution is 5.94. The van der Waals surface area contributed by atoms with Gasteiger partial charge in [-0.2, -0.15) is 4.99 Å². The summed E-state index contributed by atoms with van der Waals surface area (Å²) in [6.07, 6.45) is -2.69. The quantitative estimate of drug-likeness (QED) is 0.645. The molecule has 2 rings (SSSR count). The van der Waals surface area contributed by atoms with E-state index in [4.69, 9.17) is 11.5 Å². The predicted molar refractivity (Wildman–Crippen MR) is 76.8 cm³/mol. The molecule has 1 aromatic carbocycles. The Morgan fingerprint density at radius 2 is 1.86 bits per heavy atom. The normalized spacial score (nSPS) is 17.0. The van der Waals surface area contributed by atoms with Crippen molar-refractivity contribution in [3.05, 3.63) is 24.3 Å². The number of alkyl halides is 3. The molecule has 1 aliphatic rings. The Bertz CT molecular complexity index is 579. The molecule has 120 valence electrons. The fraction of sp³-hybridized carbons (Fsp3) is 0.385. The van der Waals surface area contributed by atoms with E-state index in [1.807, 2.05) is 4.90 Å². The largest absolute Gasteiger partial charge is 0.573 e. The molecule has 1 aromatic rings. The lowest BCUT2D eigenvalue weighted by Crippen LogP contribution is -2.36. The summed E-state index contributed by atoms with van der Waals surface area (Å²) in [6.45, 7) is 1.61. The summed E-state index contributed by atoms with van der Waals surface area (Å²) in [7, 11) is 0. The molecule has 0 bridgehead atoms. The van der Waals surface area contributed by atoms with Crippen molar-refractivity contribution >= 4 is 17.6 Å². The van der Waals surface area contributed by atoms with Gasteiger partial charge in [0.15, 0.2) is 5.96 Å². The summed E-state index contributed by atoms with van der Waals surface area (Å²) >= 11 is 0. The van der Waals surface area contributed by atoms with E-state index in [1.165, 1.54) is 18.2 Å². The van der Waals surface area contributed by atoms with Crippen molar-refractivity contribution in [2.24, 2.45) is 21.5 Å². The Hall–Kier alpha value is -2.45. The lowest BCUT2D eigenvalue weighted by Gasteiger charge is -2.15. The van der Waals surface area contributed by atoms with Crippen LogP contribution in [0.3, 0.4) is 0 Å². The number of halogens is 3. The highest BCUT2D eigenvalue weighted by atomic mass is 19.4. The Morgan fingerprint density at radius 1 is 1.18 bits per heavy atom. The third-order valence-electron chi connectivity index (χ3n) is 2.95. The molecule has 4 N–H and O–H groups in total. The van der Waals surface area contributed by atoms with Gasteiger partial charge in [0.2, 0.25) is 5.96 Å². The second-order valence-corrected chi connectivity index (χ2v) is 4.68. The van der Waals surface area contributed by atoms with Crippen LogP contribution < -0.4 is 16.2 Å². The minimum atomic E-state index is -4.76. The van der Waals surface area contributed by atoms with E-state index in [9.17, 15) is 13.2 Å². The first kappa shape index (κ1) is 15.9. The van der Waals surface area contributed by atoms with Crippen LogP contribution in [-0.4, -0.2) is 36.3 Å². The summed E-state index contributed by atoms with van der Waals surface area (Å²) in [4.78, 5) is 9.72. The number of guanidine groups is 2. The second-order valence-electron chi connectivity index (χ2n) is 4.68. The second kappa shape index (κ2) is 6.54. The van der Waals surface area contributed by atoms with Crippen LogP contribution in [0.15, 0.2) is 34.3 Å². The Balaban J connectivity index is 2.10. The van der Waals surface area contributed by atoms with E-state index in [0.717, 1.165) is 32.0 Å². The molecular formula is C13H16F3N5O. The highest BCUT2D eigenvalue weighted by Crippen LogP contribution is 2.26. The topological polar surface area (TPSA) is 89.2 Å². The first-order chi connectivity index (χ1) is 10.3. The van der Waals surface area contributed by atoms with Gasteiger partial charge >= 0.3 is 6.36 Å². The van der Waals surface area contributed by atoms with Gasteiger partial charge in [0.05, 0.1) is 5.69 Å². The van der Waals surface area contributed by atoms with Gasteiger partial charge in [-0.05, 0) is 25.0 Å². The molecular weight excluding hydrogens is 299 g/mol. The van der Waals surface area contributed by atoms with E-state index in [2.05, 4.69) is 14.7 Å². The molecule has 0 aliphatic carbocycles. The number of nitrogens with two attached hydrogens (primary N) is 2. The Labute approximate surface area is 125 Å². The summed E-state index contributed by atoms with van der Waals surface area (Å²) in [5.41, 5.74) is 11.6. The van der Waals surface area contributed by atoms with Crippen molar-refractivity contribution in [3.8, 4) is 5.75 Å². The van der Waals surface area contributed by atoms with Crippen LogP contribution in [0.1, 0.15) is 12.8 Å². The number of nitrogens with zero attached hydrogens (tertiary/aromatic N) is 3. The van der Waals surface area contributed by atoms with Crippen LogP contribution in [-0.2, 0) is 0 Å². The van der Waals surface area contributed by atoms with Crippen molar-refractivity contribution < 1.29 is 17.9 Å². The molecule has 1 saturated heterocycles. The van der Waals surface area contributed by atoms with Crippen molar-refractivity contribution in [2.75, 3.05) is 13.1 Å². The lowest BCUT2D eigenvalue weighted by molar-refractivity contribution is -0.274. The fourth-order valence-electron chi connectivity index (χ4n) is 2.04. The minimum Gasteiger partial charge on any atom is -0.406 e. The van der Waals surface area contributed by atoms with E-state index in [-0.39, 0.29) is 23.4 Å². The van der Waals surface area contributed by atoms with Crippen LogP contribution in [0.2, 0.25) is 0 Å². The number of rotatable bonds is 2. The number of benzene rings is 1. The zero-order valence-corrected chi connectivity index (χ0v) is 11.7. The van der Waals surface area contributed by atoms with Gasteiger partial charge in [0.1, 0.15) is 5.75 Å². The highest BCUT2D eigenvalue weighted by Gasteiger charge is 2.31. The van der Waals surface area contributed by atoms with E-state index < -0.39 is 6.36 Å². The Kier molecular flexibility index (Phi) is 4.74. The number of aliphatic imine (C=N–C) groups is 2. The molecule has 0 spiro atoms. The third-order valence-corrected chi connectivity index (χ3v) is 2.95. The SMILES string of the molecule is NC(=Nc1cccc(OC(F)(F)F)c1)N=C(N)N1CCCC1. The molecule has 0 saturated carbocycles. The summed E-state index contributed by atoms with van der Waals surface area (Å²) < 4.78 is 40.3. The maximum Gasteiger partial charge on any atom is 0.573 e. The van der Waals surface area contributed by atoms with Crippen molar-refractivity contribution in [2.45, 2.75) is 19.2 Å². The average Bonchev–Trinajstić information content (AvgIpc) is 2.90. The van der Waals surface area contributed by atoms with Crippen LogP contribution >= 0.6 is 0 Å². The fourth-order valence-corrected chi connectivity index (χ4v) is 2.04. The minimum absolute atomic E-state index is 0.131. The van der Waals surface area contributed by atoms with E-state index in [1.54, 1.807) is 0 Å². The van der Waals surface area contributed by atoms with E-state index in [0.29, 0.717) is 0 Å². The Morgan fingerprint density at radius 3 is 2.50 bits per heavy atom. The molecule has 1 heterocycles. The van der Waals surface area contributed by atoms with E-state index >= 15 is 0 Å². The predicted octanol–water partition coefficient (Wildman–Crippen LogP) is 1.94. The molecule has 1 aliphatic heterocycles. The molecule has 0 radical (unpaired) electrons. The monoisotopic (exact) mass is 315 g/mol. The van der Waals surface area contributed by atoms with Gasteiger partial charge in [-0.1, -0.05) is 6.07 Å². The van der Waals surface area contributed by atoms with Crippen LogP contribution in [0.5, 0.6) is 5.75 Å². The first-order valence-electron chi connectivity index (χ1n) is 6.62. The van der Waals surface area contributed by atoms with Crippen LogP contribution in [0, 0.1) is 0 Å². The standard InChI is InChI=1S/C13H16F3N5O/c14-13(15,16)22-10-5-3-4-9(8-10)19-11(17)20-12(18)21-6-1-2-7-21/h3-5,8H,1-2,6-7H2,(H4,17,18,19,20). The smallest absolute Gasteiger partial charge is 0.406 e. The molecule has 6 nitrogen and oxygen atoms in total. The van der Waals surface area contributed by atoms with Gasteiger partial charge in [-0.15, -0.1) is 13.2 Å². The maximum absolute atomic E-state index is 12.2. The van der Waals surface area contributed by atoms with Crippen molar-refractivity contribution in [1.29, 1.82) is 0 Å². The van der Waals surface area contributed by atoms with Gasteiger partial charge in [-0.25, -0.2) is 4.99 Å². The average molecular weight is 315 g/mol. The van der Waals surface area contributed by atoms with Gasteiger partial charge in [-0.3, -0.25) is 0 Å². The lowest BCUT2D eigenvalue weighted by atomic mass is 10.3. The number of hydrogen-bond acceptors (Lipinski definition) is 2. The van der Waals surface area contributed by atoms with Gasteiger partial charge in [0, 0.05) is 19.2 Å². The zero-order valence-electron chi connectivity index (χ0n) is 11.7. The van der Waals surface area contributed by atoms with Gasteiger partial charge in [0.25, 0.3) is 0 Å². The van der Waals surface area contributed by atoms with Gasteiger partial charge < -0.3 is 21.1 Å². The van der Waals surface area contributed by atoms with Crippen LogP contribution in [0.4, 0.5) is 18.9 Å². The number of hydrogen-bond donors (Lipinski definition) is 2. The number of ether oxygens (including phenoxy) is 1. The first-order valence-corrected chi connectivity index (χ1v) is 6.62. The summed E-state index contributed by atoms with van der Waals surface area (Å²) in [6, 6.07) is 5.14. The molecule has 0 aromatic heterocycles. The van der Waals surface area contributed by atoms with Crippen molar-refractivity contribution in [1.82, 2.24) is 4.90 Å². The third kappa shape index (κ3) is 4.83. The molecule has 0 atom stereocenters. The summed E-state index contributed by atoms with van der Waals surface area (Å²) in [5, 5.41) is 0.